The SMILES string of the molecule is Cc1nc(-n2cccn2)ccc1N1CCN(Cc2cc3[nH]c(=O)c(C)cn3n2)CC1. The van der Waals surface area contributed by atoms with E-state index in [9.17, 15) is 4.79 Å². The first-order valence-electron chi connectivity index (χ1n) is 10.1. The van der Waals surface area contributed by atoms with Crippen LogP contribution in [0, 0.1) is 13.8 Å². The summed E-state index contributed by atoms with van der Waals surface area (Å²) in [6.45, 7) is 8.38. The number of hydrogen-bond acceptors (Lipinski definition) is 6. The molecule has 0 aliphatic carbocycles. The van der Waals surface area contributed by atoms with Gasteiger partial charge in [0.1, 0.15) is 5.65 Å². The third-order valence-electron chi connectivity index (χ3n) is 5.58. The third kappa shape index (κ3) is 3.48. The van der Waals surface area contributed by atoms with Gasteiger partial charge in [-0.25, -0.2) is 14.2 Å². The molecular formula is C21H24N8O. The van der Waals surface area contributed by atoms with Gasteiger partial charge in [-0.1, -0.05) is 0 Å². The molecule has 9 heteroatoms. The van der Waals surface area contributed by atoms with Gasteiger partial charge in [0.15, 0.2) is 5.82 Å². The summed E-state index contributed by atoms with van der Waals surface area (Å²) in [5, 5.41) is 8.86. The summed E-state index contributed by atoms with van der Waals surface area (Å²) in [6.07, 6.45) is 5.43. The van der Waals surface area contributed by atoms with Crippen LogP contribution in [0.15, 0.2) is 47.7 Å². The van der Waals surface area contributed by atoms with Gasteiger partial charge in [-0.3, -0.25) is 9.69 Å². The van der Waals surface area contributed by atoms with Crippen molar-refractivity contribution in [3.8, 4) is 5.82 Å². The van der Waals surface area contributed by atoms with Crippen LogP contribution < -0.4 is 10.5 Å². The lowest BCUT2D eigenvalue weighted by Crippen LogP contribution is -2.46. The molecule has 0 aromatic carbocycles. The summed E-state index contributed by atoms with van der Waals surface area (Å²) in [6, 6.07) is 8.00. The van der Waals surface area contributed by atoms with Crippen molar-refractivity contribution in [2.45, 2.75) is 20.4 Å². The van der Waals surface area contributed by atoms with Crippen LogP contribution in [0.4, 0.5) is 5.69 Å². The second kappa shape index (κ2) is 7.42. The van der Waals surface area contributed by atoms with E-state index in [0.717, 1.165) is 55.6 Å². The lowest BCUT2D eigenvalue weighted by Gasteiger charge is -2.36. The molecule has 0 unspecified atom stereocenters. The van der Waals surface area contributed by atoms with Crippen molar-refractivity contribution in [3.63, 3.8) is 0 Å². The lowest BCUT2D eigenvalue weighted by molar-refractivity contribution is 0.246. The Labute approximate surface area is 173 Å². The molecule has 0 atom stereocenters. The number of aromatic amines is 1. The van der Waals surface area contributed by atoms with Crippen molar-refractivity contribution in [2.24, 2.45) is 0 Å². The number of pyridine rings is 1. The van der Waals surface area contributed by atoms with Gasteiger partial charge in [0.2, 0.25) is 0 Å². The number of aromatic nitrogens is 6. The predicted octanol–water partition coefficient (Wildman–Crippen LogP) is 1.54. The fourth-order valence-electron chi connectivity index (χ4n) is 3.95. The average Bonchev–Trinajstić information content (AvgIpc) is 3.39. The summed E-state index contributed by atoms with van der Waals surface area (Å²) in [5.74, 6) is 0.833. The number of piperazine rings is 1. The van der Waals surface area contributed by atoms with Gasteiger partial charge in [-0.05, 0) is 32.0 Å². The van der Waals surface area contributed by atoms with E-state index in [-0.39, 0.29) is 5.56 Å². The number of aryl methyl sites for hydroxylation is 2. The Morgan fingerprint density at radius 3 is 2.70 bits per heavy atom. The monoisotopic (exact) mass is 404 g/mol. The molecule has 0 bridgehead atoms. The molecule has 1 aliphatic rings. The minimum absolute atomic E-state index is 0.0647. The molecule has 4 aromatic heterocycles. The summed E-state index contributed by atoms with van der Waals surface area (Å²) in [7, 11) is 0. The highest BCUT2D eigenvalue weighted by atomic mass is 16.1. The van der Waals surface area contributed by atoms with E-state index >= 15 is 0 Å². The van der Waals surface area contributed by atoms with E-state index in [2.05, 4.69) is 31.0 Å². The Balaban J connectivity index is 1.25. The molecule has 1 saturated heterocycles. The van der Waals surface area contributed by atoms with E-state index in [1.165, 1.54) is 5.69 Å². The first-order valence-corrected chi connectivity index (χ1v) is 10.1. The Kier molecular flexibility index (Phi) is 4.59. The zero-order valence-corrected chi connectivity index (χ0v) is 17.1. The van der Waals surface area contributed by atoms with Crippen molar-refractivity contribution >= 4 is 11.3 Å². The van der Waals surface area contributed by atoms with E-state index in [1.54, 1.807) is 28.5 Å². The summed E-state index contributed by atoms with van der Waals surface area (Å²) in [5.41, 5.74) is 4.48. The van der Waals surface area contributed by atoms with Crippen LogP contribution in [0.2, 0.25) is 0 Å². The fraction of sp³-hybridized carbons (Fsp3) is 0.333. The van der Waals surface area contributed by atoms with Gasteiger partial charge in [-0.2, -0.15) is 10.2 Å². The number of nitrogens with zero attached hydrogens (tertiary/aromatic N) is 7. The molecule has 1 fully saturated rings. The zero-order chi connectivity index (χ0) is 20.7. The molecule has 5 heterocycles. The van der Waals surface area contributed by atoms with Gasteiger partial charge in [-0.15, -0.1) is 0 Å². The van der Waals surface area contributed by atoms with Crippen molar-refractivity contribution in [2.75, 3.05) is 31.1 Å². The van der Waals surface area contributed by atoms with Gasteiger partial charge < -0.3 is 9.88 Å². The van der Waals surface area contributed by atoms with Gasteiger partial charge in [0.25, 0.3) is 5.56 Å². The molecule has 1 N–H and O–H groups in total. The number of rotatable bonds is 4. The number of fused-ring (bicyclic) bond motifs is 1. The van der Waals surface area contributed by atoms with Crippen LogP contribution in [0.3, 0.4) is 0 Å². The molecule has 5 rings (SSSR count). The van der Waals surface area contributed by atoms with E-state index in [4.69, 9.17) is 4.98 Å². The largest absolute Gasteiger partial charge is 0.368 e. The van der Waals surface area contributed by atoms with Gasteiger partial charge in [0.05, 0.1) is 17.1 Å². The van der Waals surface area contributed by atoms with Crippen LogP contribution in [-0.2, 0) is 6.54 Å². The van der Waals surface area contributed by atoms with Crippen molar-refractivity contribution in [1.29, 1.82) is 0 Å². The Hall–Kier alpha value is -3.46. The topological polar surface area (TPSA) is 87.4 Å². The maximum Gasteiger partial charge on any atom is 0.254 e. The predicted molar refractivity (Wildman–Crippen MR) is 114 cm³/mol. The van der Waals surface area contributed by atoms with Crippen molar-refractivity contribution < 1.29 is 0 Å². The smallest absolute Gasteiger partial charge is 0.254 e. The maximum absolute atomic E-state index is 11.8. The van der Waals surface area contributed by atoms with Crippen LogP contribution in [0.1, 0.15) is 17.0 Å². The second-order valence-electron chi connectivity index (χ2n) is 7.72. The zero-order valence-electron chi connectivity index (χ0n) is 17.1. The minimum atomic E-state index is -0.0647. The Morgan fingerprint density at radius 2 is 1.97 bits per heavy atom. The summed E-state index contributed by atoms with van der Waals surface area (Å²) < 4.78 is 3.52. The first-order chi connectivity index (χ1) is 14.6. The third-order valence-corrected chi connectivity index (χ3v) is 5.58. The number of H-pyrrole nitrogens is 1. The molecule has 0 saturated carbocycles. The normalized spacial score (nSPS) is 15.2. The highest BCUT2D eigenvalue weighted by molar-refractivity contribution is 5.52. The molecule has 0 radical (unpaired) electrons. The van der Waals surface area contributed by atoms with Crippen molar-refractivity contribution in [3.05, 3.63) is 70.2 Å². The maximum atomic E-state index is 11.8. The van der Waals surface area contributed by atoms with E-state index < -0.39 is 0 Å². The molecule has 30 heavy (non-hydrogen) atoms. The molecule has 0 spiro atoms. The highest BCUT2D eigenvalue weighted by Crippen LogP contribution is 2.22. The summed E-state index contributed by atoms with van der Waals surface area (Å²) >= 11 is 0. The van der Waals surface area contributed by atoms with Crippen molar-refractivity contribution in [1.82, 2.24) is 34.3 Å². The fourth-order valence-corrected chi connectivity index (χ4v) is 3.95. The van der Waals surface area contributed by atoms with E-state index in [1.807, 2.05) is 31.3 Å². The lowest BCUT2D eigenvalue weighted by atomic mass is 10.2. The van der Waals surface area contributed by atoms with Gasteiger partial charge in [0, 0.05) is 62.9 Å². The number of hydrogen-bond donors (Lipinski definition) is 1. The molecular weight excluding hydrogens is 380 g/mol. The van der Waals surface area contributed by atoms with Crippen LogP contribution >= 0.6 is 0 Å². The number of anilines is 1. The number of nitrogens with one attached hydrogen (secondary N) is 1. The van der Waals surface area contributed by atoms with Crippen LogP contribution in [0.5, 0.6) is 0 Å². The Morgan fingerprint density at radius 1 is 1.13 bits per heavy atom. The quantitative estimate of drug-likeness (QED) is 0.555. The van der Waals surface area contributed by atoms with Gasteiger partial charge >= 0.3 is 0 Å². The molecule has 154 valence electrons. The standard InChI is InChI=1S/C21H24N8O/c1-15-13-29-20(24-21(15)30)12-17(25-29)14-26-8-10-27(11-9-26)18-4-5-19(23-16(18)2)28-7-3-6-22-28/h3-7,12-13H,8-11,14H2,1-2H3,(H,24,30). The second-order valence-corrected chi connectivity index (χ2v) is 7.72. The average molecular weight is 404 g/mol. The Bertz CT molecular complexity index is 1230. The molecule has 4 aromatic rings. The molecule has 9 nitrogen and oxygen atoms in total. The van der Waals surface area contributed by atoms with E-state index in [0.29, 0.717) is 5.56 Å². The summed E-state index contributed by atoms with van der Waals surface area (Å²) in [4.78, 5) is 24.2. The highest BCUT2D eigenvalue weighted by Gasteiger charge is 2.20. The molecule has 0 amide bonds. The minimum Gasteiger partial charge on any atom is -0.368 e. The molecule has 1 aliphatic heterocycles. The van der Waals surface area contributed by atoms with Crippen LogP contribution in [-0.4, -0.2) is 60.4 Å². The first kappa shape index (κ1) is 18.6. The van der Waals surface area contributed by atoms with Crippen LogP contribution in [0.25, 0.3) is 11.5 Å².